The van der Waals surface area contributed by atoms with Crippen LogP contribution in [-0.4, -0.2) is 32.9 Å². The van der Waals surface area contributed by atoms with Gasteiger partial charge in [0.25, 0.3) is 0 Å². The molecule has 5 nitrogen and oxygen atoms in total. The molecule has 1 heterocycles. The van der Waals surface area contributed by atoms with Crippen LogP contribution in [0.5, 0.6) is 5.75 Å². The molecule has 1 aliphatic carbocycles. The minimum atomic E-state index is -0.676. The lowest BCUT2D eigenvalue weighted by molar-refractivity contribution is -0.0172. The predicted octanol–water partition coefficient (Wildman–Crippen LogP) is 2.44. The van der Waals surface area contributed by atoms with Crippen LogP contribution in [0.25, 0.3) is 0 Å². The van der Waals surface area contributed by atoms with E-state index in [0.29, 0.717) is 6.54 Å². The van der Waals surface area contributed by atoms with Gasteiger partial charge in [-0.05, 0) is 49.9 Å². The highest BCUT2D eigenvalue weighted by atomic mass is 32.1. The molecule has 3 atom stereocenters. The van der Waals surface area contributed by atoms with Crippen LogP contribution in [0.4, 0.5) is 4.39 Å². The van der Waals surface area contributed by atoms with Crippen molar-refractivity contribution in [2.45, 2.75) is 51.0 Å². The number of benzene rings is 1. The van der Waals surface area contributed by atoms with Crippen molar-refractivity contribution in [1.82, 2.24) is 14.9 Å². The molecule has 0 radical (unpaired) electrons. The number of aromatic nitrogens is 2. The van der Waals surface area contributed by atoms with Crippen molar-refractivity contribution in [3.05, 3.63) is 40.7 Å². The third-order valence-electron chi connectivity index (χ3n) is 4.18. The number of aliphatic hydroxyl groups is 1. The van der Waals surface area contributed by atoms with Gasteiger partial charge in [-0.15, -0.1) is 5.10 Å². The molecule has 23 heavy (non-hydrogen) atoms. The number of nitrogens with one attached hydrogen (secondary N) is 1. The minimum Gasteiger partial charge on any atom is -0.485 e. The maximum atomic E-state index is 13.7. The van der Waals surface area contributed by atoms with Crippen molar-refractivity contribution in [3.63, 3.8) is 0 Å². The Morgan fingerprint density at radius 1 is 1.39 bits per heavy atom. The maximum absolute atomic E-state index is 13.7. The Bertz CT molecular complexity index is 652. The van der Waals surface area contributed by atoms with Gasteiger partial charge in [-0.25, -0.2) is 4.39 Å². The summed E-state index contributed by atoms with van der Waals surface area (Å²) in [4.78, 5) is 1.06. The quantitative estimate of drug-likeness (QED) is 0.877. The second kappa shape index (κ2) is 7.33. The first-order valence-electron chi connectivity index (χ1n) is 7.75. The van der Waals surface area contributed by atoms with E-state index in [1.54, 1.807) is 18.2 Å². The van der Waals surface area contributed by atoms with Crippen LogP contribution in [0.3, 0.4) is 0 Å². The normalized spacial score (nSPS) is 24.6. The molecule has 0 amide bonds. The van der Waals surface area contributed by atoms with Crippen LogP contribution in [0, 0.1) is 12.7 Å². The first-order valence-corrected chi connectivity index (χ1v) is 8.53. The maximum Gasteiger partial charge on any atom is 0.165 e. The number of para-hydroxylation sites is 1. The number of nitrogens with zero attached hydrogens (tertiary/aromatic N) is 2. The summed E-state index contributed by atoms with van der Waals surface area (Å²) in [6.45, 7) is 2.54. The zero-order valence-electron chi connectivity index (χ0n) is 12.9. The van der Waals surface area contributed by atoms with Crippen molar-refractivity contribution in [2.75, 3.05) is 0 Å². The molecule has 1 fully saturated rings. The number of rotatable bonds is 5. The summed E-state index contributed by atoms with van der Waals surface area (Å²) < 4.78 is 23.3. The van der Waals surface area contributed by atoms with E-state index >= 15 is 0 Å². The highest BCUT2D eigenvalue weighted by Gasteiger charge is 2.33. The molecule has 0 aliphatic heterocycles. The molecule has 124 valence electrons. The van der Waals surface area contributed by atoms with Crippen LogP contribution in [-0.2, 0) is 6.54 Å². The number of hydrogen-bond donors (Lipinski definition) is 2. The second-order valence-corrected chi connectivity index (χ2v) is 6.62. The monoisotopic (exact) mass is 337 g/mol. The Labute approximate surface area is 138 Å². The van der Waals surface area contributed by atoms with Gasteiger partial charge >= 0.3 is 0 Å². The molecule has 0 unspecified atom stereocenters. The topological polar surface area (TPSA) is 67.3 Å². The van der Waals surface area contributed by atoms with Crippen LogP contribution in [0.15, 0.2) is 24.3 Å². The lowest BCUT2D eigenvalue weighted by Gasteiger charge is -2.35. The Morgan fingerprint density at radius 3 is 2.96 bits per heavy atom. The number of aryl methyl sites for hydroxylation is 1. The van der Waals surface area contributed by atoms with Gasteiger partial charge in [0, 0.05) is 12.6 Å². The summed E-state index contributed by atoms with van der Waals surface area (Å²) in [6, 6.07) is 6.21. The Morgan fingerprint density at radius 2 is 2.22 bits per heavy atom. The highest BCUT2D eigenvalue weighted by Crippen LogP contribution is 2.26. The standard InChI is InChI=1S/C16H20FN3O2S/c1-10-15(23-20-19-10)9-18-12-6-4-8-14(16(12)21)22-13-7-3-2-5-11(13)17/h2-3,5,7,12,14,16,18,21H,4,6,8-9H2,1H3/t12-,14+,16+/m0/s1. The third kappa shape index (κ3) is 3.85. The zero-order chi connectivity index (χ0) is 16.2. The van der Waals surface area contributed by atoms with E-state index in [1.807, 2.05) is 6.92 Å². The molecule has 2 N–H and O–H groups in total. The Balaban J connectivity index is 1.60. The first-order chi connectivity index (χ1) is 11.1. The summed E-state index contributed by atoms with van der Waals surface area (Å²) in [6.07, 6.45) is 1.43. The van der Waals surface area contributed by atoms with E-state index in [2.05, 4.69) is 14.9 Å². The van der Waals surface area contributed by atoms with Crippen molar-refractivity contribution in [3.8, 4) is 5.75 Å². The van der Waals surface area contributed by atoms with E-state index in [-0.39, 0.29) is 11.8 Å². The van der Waals surface area contributed by atoms with Crippen molar-refractivity contribution in [1.29, 1.82) is 0 Å². The molecule has 1 aliphatic rings. The summed E-state index contributed by atoms with van der Waals surface area (Å²) in [5, 5.41) is 17.9. The molecule has 1 aromatic heterocycles. The average molecular weight is 337 g/mol. The Hall–Kier alpha value is -1.57. The van der Waals surface area contributed by atoms with Gasteiger partial charge in [-0.3, -0.25) is 0 Å². The zero-order valence-corrected chi connectivity index (χ0v) is 13.7. The summed E-state index contributed by atoms with van der Waals surface area (Å²) in [7, 11) is 0. The molecular formula is C16H20FN3O2S. The second-order valence-electron chi connectivity index (χ2n) is 5.78. The van der Waals surface area contributed by atoms with E-state index < -0.39 is 18.0 Å². The predicted molar refractivity (Wildman–Crippen MR) is 85.9 cm³/mol. The molecule has 2 aromatic rings. The van der Waals surface area contributed by atoms with Crippen molar-refractivity contribution < 1.29 is 14.2 Å². The van der Waals surface area contributed by atoms with Gasteiger partial charge in [-0.1, -0.05) is 16.6 Å². The van der Waals surface area contributed by atoms with Gasteiger partial charge in [-0.2, -0.15) is 0 Å². The molecule has 1 saturated carbocycles. The highest BCUT2D eigenvalue weighted by molar-refractivity contribution is 7.05. The summed E-state index contributed by atoms with van der Waals surface area (Å²) in [5.41, 5.74) is 0.909. The molecule has 7 heteroatoms. The van der Waals surface area contributed by atoms with Crippen LogP contribution >= 0.6 is 11.5 Å². The van der Waals surface area contributed by atoms with Crippen LogP contribution in [0.1, 0.15) is 29.8 Å². The molecule has 3 rings (SSSR count). The van der Waals surface area contributed by atoms with E-state index in [4.69, 9.17) is 4.74 Å². The minimum absolute atomic E-state index is 0.0815. The fraction of sp³-hybridized carbons (Fsp3) is 0.500. The van der Waals surface area contributed by atoms with Gasteiger partial charge in [0.15, 0.2) is 11.6 Å². The van der Waals surface area contributed by atoms with E-state index in [0.717, 1.165) is 29.8 Å². The van der Waals surface area contributed by atoms with Crippen molar-refractivity contribution >= 4 is 11.5 Å². The average Bonchev–Trinajstić information content (AvgIpc) is 2.95. The molecule has 0 bridgehead atoms. The van der Waals surface area contributed by atoms with Crippen molar-refractivity contribution in [2.24, 2.45) is 0 Å². The smallest absolute Gasteiger partial charge is 0.165 e. The van der Waals surface area contributed by atoms with Gasteiger partial charge in [0.2, 0.25) is 0 Å². The molecule has 0 saturated heterocycles. The van der Waals surface area contributed by atoms with Crippen LogP contribution in [0.2, 0.25) is 0 Å². The lowest BCUT2D eigenvalue weighted by Crippen LogP contribution is -2.51. The number of halogens is 1. The largest absolute Gasteiger partial charge is 0.485 e. The Kier molecular flexibility index (Phi) is 5.20. The van der Waals surface area contributed by atoms with Crippen LogP contribution < -0.4 is 10.1 Å². The first kappa shape index (κ1) is 16.3. The van der Waals surface area contributed by atoms with Gasteiger partial charge < -0.3 is 15.2 Å². The summed E-state index contributed by atoms with van der Waals surface area (Å²) in [5.74, 6) is -0.208. The number of hydrogen-bond acceptors (Lipinski definition) is 6. The summed E-state index contributed by atoms with van der Waals surface area (Å²) >= 11 is 1.36. The SMILES string of the molecule is Cc1nnsc1CN[C@H]1CCC[C@@H](Oc2ccccc2F)[C@@H]1O. The third-order valence-corrected chi connectivity index (χ3v) is 5.01. The number of aliphatic hydroxyl groups excluding tert-OH is 1. The van der Waals surface area contributed by atoms with E-state index in [1.165, 1.54) is 17.6 Å². The molecular weight excluding hydrogens is 317 g/mol. The fourth-order valence-electron chi connectivity index (χ4n) is 2.83. The molecule has 0 spiro atoms. The fourth-order valence-corrected chi connectivity index (χ4v) is 3.41. The van der Waals surface area contributed by atoms with E-state index in [9.17, 15) is 9.50 Å². The number of ether oxygens (including phenoxy) is 1. The molecule has 1 aromatic carbocycles. The van der Waals surface area contributed by atoms with Gasteiger partial charge in [0.1, 0.15) is 12.2 Å². The lowest BCUT2D eigenvalue weighted by atomic mass is 9.89. The van der Waals surface area contributed by atoms with Gasteiger partial charge in [0.05, 0.1) is 10.6 Å².